The number of pyridine rings is 1. The summed E-state index contributed by atoms with van der Waals surface area (Å²) in [5.74, 6) is -1.70. The first-order chi connectivity index (χ1) is 11.7. The third kappa shape index (κ3) is 4.01. The maximum atomic E-state index is 13.5. The van der Waals surface area contributed by atoms with E-state index in [1.165, 1.54) is 17.2 Å². The molecule has 1 aromatic carbocycles. The van der Waals surface area contributed by atoms with E-state index in [0.717, 1.165) is 18.2 Å². The molecule has 25 heavy (non-hydrogen) atoms. The van der Waals surface area contributed by atoms with Gasteiger partial charge in [0.05, 0.1) is 16.3 Å². The van der Waals surface area contributed by atoms with Gasteiger partial charge in [0.25, 0.3) is 5.91 Å². The lowest BCUT2D eigenvalue weighted by Gasteiger charge is -2.28. The van der Waals surface area contributed by atoms with Crippen LogP contribution in [0.1, 0.15) is 21.6 Å². The van der Waals surface area contributed by atoms with Gasteiger partial charge in [-0.15, -0.1) is 13.2 Å². The van der Waals surface area contributed by atoms with Crippen LogP contribution < -0.4 is 4.74 Å². The molecule has 0 spiro atoms. The van der Waals surface area contributed by atoms with E-state index in [2.05, 4.69) is 9.72 Å². The second kappa shape index (κ2) is 6.51. The summed E-state index contributed by atoms with van der Waals surface area (Å²) in [5, 5.41) is 0.279. The number of carbonyl (C=O) groups is 1. The van der Waals surface area contributed by atoms with E-state index in [1.807, 2.05) is 0 Å². The van der Waals surface area contributed by atoms with Gasteiger partial charge in [-0.1, -0.05) is 11.6 Å². The molecule has 0 radical (unpaired) electrons. The van der Waals surface area contributed by atoms with Gasteiger partial charge < -0.3 is 9.64 Å². The number of fused-ring (bicyclic) bond motifs is 1. The van der Waals surface area contributed by atoms with Crippen molar-refractivity contribution in [2.45, 2.75) is 19.3 Å². The summed E-state index contributed by atoms with van der Waals surface area (Å²) in [5.41, 5.74) is 0.772. The SMILES string of the molecule is O=C1c2cc(Cl)cnc2CCN1Cc1cc(F)ccc1OC(F)(F)F. The molecule has 0 atom stereocenters. The van der Waals surface area contributed by atoms with Gasteiger partial charge in [-0.2, -0.15) is 0 Å². The molecule has 2 aromatic rings. The summed E-state index contributed by atoms with van der Waals surface area (Å²) in [6.45, 7) is 0.0103. The molecule has 0 aliphatic carbocycles. The normalized spacial score (nSPS) is 14.4. The van der Waals surface area contributed by atoms with Crippen molar-refractivity contribution in [2.24, 2.45) is 0 Å². The van der Waals surface area contributed by atoms with Gasteiger partial charge in [-0.05, 0) is 24.3 Å². The number of amides is 1. The highest BCUT2D eigenvalue weighted by Crippen LogP contribution is 2.29. The van der Waals surface area contributed by atoms with Crippen LogP contribution in [0.15, 0.2) is 30.5 Å². The van der Waals surface area contributed by atoms with Gasteiger partial charge in [0.2, 0.25) is 0 Å². The Morgan fingerprint density at radius 2 is 2.04 bits per heavy atom. The second-order valence-electron chi connectivity index (χ2n) is 5.42. The first-order valence-corrected chi connectivity index (χ1v) is 7.58. The molecule has 0 unspecified atom stereocenters. The van der Waals surface area contributed by atoms with Crippen molar-refractivity contribution in [3.63, 3.8) is 0 Å². The van der Waals surface area contributed by atoms with E-state index in [9.17, 15) is 22.4 Å². The van der Waals surface area contributed by atoms with Gasteiger partial charge >= 0.3 is 6.36 Å². The van der Waals surface area contributed by atoms with Crippen LogP contribution in [0.2, 0.25) is 5.02 Å². The minimum atomic E-state index is -4.91. The van der Waals surface area contributed by atoms with E-state index in [1.54, 1.807) is 0 Å². The monoisotopic (exact) mass is 374 g/mol. The minimum absolute atomic E-state index is 0.0795. The number of benzene rings is 1. The summed E-state index contributed by atoms with van der Waals surface area (Å²) < 4.78 is 54.9. The highest BCUT2D eigenvalue weighted by molar-refractivity contribution is 6.30. The number of nitrogens with zero attached hydrogens (tertiary/aromatic N) is 2. The summed E-state index contributed by atoms with van der Waals surface area (Å²) in [7, 11) is 0. The van der Waals surface area contributed by atoms with E-state index in [0.29, 0.717) is 12.1 Å². The zero-order valence-electron chi connectivity index (χ0n) is 12.6. The average Bonchev–Trinajstić information content (AvgIpc) is 2.52. The Kier molecular flexibility index (Phi) is 4.55. The Balaban J connectivity index is 1.88. The van der Waals surface area contributed by atoms with Crippen LogP contribution in [-0.4, -0.2) is 28.7 Å². The molecule has 1 aromatic heterocycles. The van der Waals surface area contributed by atoms with Crippen LogP contribution in [0.3, 0.4) is 0 Å². The first-order valence-electron chi connectivity index (χ1n) is 7.21. The molecule has 3 rings (SSSR count). The number of hydrogen-bond donors (Lipinski definition) is 0. The predicted molar refractivity (Wildman–Crippen MR) is 80.8 cm³/mol. The lowest BCUT2D eigenvalue weighted by Crippen LogP contribution is -2.37. The Morgan fingerprint density at radius 3 is 2.76 bits per heavy atom. The number of rotatable bonds is 3. The van der Waals surface area contributed by atoms with Crippen LogP contribution in [0.5, 0.6) is 5.75 Å². The molecule has 2 heterocycles. The topological polar surface area (TPSA) is 42.4 Å². The molecule has 132 valence electrons. The molecular weight excluding hydrogens is 364 g/mol. The fourth-order valence-electron chi connectivity index (χ4n) is 2.62. The zero-order chi connectivity index (χ0) is 18.2. The third-order valence-electron chi connectivity index (χ3n) is 3.68. The molecule has 0 bridgehead atoms. The predicted octanol–water partition coefficient (Wildman–Crippen LogP) is 3.97. The van der Waals surface area contributed by atoms with E-state index >= 15 is 0 Å². The smallest absolute Gasteiger partial charge is 0.405 e. The van der Waals surface area contributed by atoms with Crippen LogP contribution >= 0.6 is 11.6 Å². The van der Waals surface area contributed by atoms with Gasteiger partial charge in [0, 0.05) is 31.3 Å². The molecule has 0 N–H and O–H groups in total. The zero-order valence-corrected chi connectivity index (χ0v) is 13.4. The molecule has 4 nitrogen and oxygen atoms in total. The van der Waals surface area contributed by atoms with Gasteiger partial charge in [0.15, 0.2) is 0 Å². The molecule has 0 saturated carbocycles. The number of alkyl halides is 3. The van der Waals surface area contributed by atoms with Crippen molar-refractivity contribution in [3.05, 3.63) is 58.1 Å². The fraction of sp³-hybridized carbons (Fsp3) is 0.250. The summed E-state index contributed by atoms with van der Waals surface area (Å²) in [6, 6.07) is 4.12. The molecule has 0 saturated heterocycles. The Morgan fingerprint density at radius 1 is 1.28 bits per heavy atom. The van der Waals surface area contributed by atoms with Crippen molar-refractivity contribution in [3.8, 4) is 5.75 Å². The number of aromatic nitrogens is 1. The Labute approximate surface area is 145 Å². The molecule has 1 amide bonds. The van der Waals surface area contributed by atoms with Crippen molar-refractivity contribution in [1.29, 1.82) is 0 Å². The highest BCUT2D eigenvalue weighted by Gasteiger charge is 2.33. The van der Waals surface area contributed by atoms with E-state index < -0.39 is 23.8 Å². The number of hydrogen-bond acceptors (Lipinski definition) is 3. The lowest BCUT2D eigenvalue weighted by atomic mass is 10.0. The van der Waals surface area contributed by atoms with Crippen LogP contribution in [0.25, 0.3) is 0 Å². The van der Waals surface area contributed by atoms with E-state index in [-0.39, 0.29) is 29.2 Å². The Hall–Kier alpha value is -2.35. The number of ether oxygens (including phenoxy) is 1. The number of carbonyl (C=O) groups excluding carboxylic acids is 1. The van der Waals surface area contributed by atoms with Crippen LogP contribution in [0, 0.1) is 5.82 Å². The third-order valence-corrected chi connectivity index (χ3v) is 3.89. The van der Waals surface area contributed by atoms with E-state index in [4.69, 9.17) is 11.6 Å². The maximum absolute atomic E-state index is 13.5. The highest BCUT2D eigenvalue weighted by atomic mass is 35.5. The lowest BCUT2D eigenvalue weighted by molar-refractivity contribution is -0.275. The maximum Gasteiger partial charge on any atom is 0.573 e. The number of halogens is 5. The summed E-state index contributed by atoms with van der Waals surface area (Å²) in [6.07, 6.45) is -3.07. The minimum Gasteiger partial charge on any atom is -0.405 e. The van der Waals surface area contributed by atoms with Crippen molar-refractivity contribution in [2.75, 3.05) is 6.54 Å². The second-order valence-corrected chi connectivity index (χ2v) is 5.86. The van der Waals surface area contributed by atoms with Crippen LogP contribution in [-0.2, 0) is 13.0 Å². The summed E-state index contributed by atoms with van der Waals surface area (Å²) in [4.78, 5) is 17.9. The quantitative estimate of drug-likeness (QED) is 0.763. The van der Waals surface area contributed by atoms with Crippen molar-refractivity contribution < 1.29 is 27.1 Å². The van der Waals surface area contributed by atoms with Gasteiger partial charge in [-0.25, -0.2) is 4.39 Å². The molecule has 1 aliphatic rings. The van der Waals surface area contributed by atoms with Gasteiger partial charge in [-0.3, -0.25) is 9.78 Å². The standard InChI is InChI=1S/C16H11ClF4N2O2/c17-10-6-12-13(22-7-10)3-4-23(15(12)24)8-9-5-11(18)1-2-14(9)25-16(19,20)21/h1-2,5-7H,3-4,8H2. The molecule has 9 heteroatoms. The largest absolute Gasteiger partial charge is 0.573 e. The summed E-state index contributed by atoms with van der Waals surface area (Å²) >= 11 is 5.84. The molecule has 0 fully saturated rings. The molecule has 1 aliphatic heterocycles. The average molecular weight is 375 g/mol. The fourth-order valence-corrected chi connectivity index (χ4v) is 2.77. The first kappa shape index (κ1) is 17.5. The van der Waals surface area contributed by atoms with Crippen molar-refractivity contribution in [1.82, 2.24) is 9.88 Å². The van der Waals surface area contributed by atoms with Crippen LogP contribution in [0.4, 0.5) is 17.6 Å². The Bertz CT molecular complexity index is 826. The van der Waals surface area contributed by atoms with Gasteiger partial charge in [0.1, 0.15) is 11.6 Å². The van der Waals surface area contributed by atoms with Crippen molar-refractivity contribution >= 4 is 17.5 Å². The molecular formula is C16H11ClF4N2O2.